The normalized spacial score (nSPS) is 14.2. The highest BCUT2D eigenvalue weighted by Crippen LogP contribution is 2.24. The summed E-state index contributed by atoms with van der Waals surface area (Å²) in [6, 6.07) is 23.7. The zero-order chi connectivity index (χ0) is 31.5. The number of carbonyl (C=O) groups excluding carboxylic acids is 2. The number of ether oxygens (including phenoxy) is 1. The van der Waals surface area contributed by atoms with Crippen LogP contribution in [0.2, 0.25) is 0 Å². The van der Waals surface area contributed by atoms with Gasteiger partial charge in [0.25, 0.3) is 0 Å². The van der Waals surface area contributed by atoms with Crippen LogP contribution in [0, 0.1) is 0 Å². The van der Waals surface area contributed by atoms with Crippen LogP contribution < -0.4 is 14.4 Å². The van der Waals surface area contributed by atoms with Gasteiger partial charge >= 0.3 is 0 Å². The molecule has 2 amide bonds. The third-order valence-electron chi connectivity index (χ3n) is 7.80. The van der Waals surface area contributed by atoms with Gasteiger partial charge in [-0.05, 0) is 73.7 Å². The van der Waals surface area contributed by atoms with Crippen LogP contribution in [0.5, 0.6) is 5.75 Å². The molecule has 1 aliphatic rings. The third-order valence-corrected chi connectivity index (χ3v) is 9.49. The number of hydrogen-bond donors (Lipinski definition) is 1. The van der Waals surface area contributed by atoms with Crippen molar-refractivity contribution in [1.29, 1.82) is 0 Å². The van der Waals surface area contributed by atoms with Crippen LogP contribution >= 0.6 is 15.9 Å². The lowest BCUT2D eigenvalue weighted by Crippen LogP contribution is -2.52. The van der Waals surface area contributed by atoms with E-state index in [0.29, 0.717) is 24.5 Å². The summed E-state index contributed by atoms with van der Waals surface area (Å²) in [6.07, 6.45) is 5.96. The van der Waals surface area contributed by atoms with Crippen LogP contribution in [0.15, 0.2) is 83.3 Å². The molecule has 3 aromatic rings. The molecule has 3 aromatic carbocycles. The number of benzene rings is 3. The van der Waals surface area contributed by atoms with Crippen molar-refractivity contribution in [2.24, 2.45) is 0 Å². The van der Waals surface area contributed by atoms with Crippen molar-refractivity contribution < 1.29 is 22.7 Å². The summed E-state index contributed by atoms with van der Waals surface area (Å²) in [4.78, 5) is 29.6. The summed E-state index contributed by atoms with van der Waals surface area (Å²) in [7, 11) is -3.60. The molecule has 10 heteroatoms. The second kappa shape index (κ2) is 16.1. The van der Waals surface area contributed by atoms with E-state index < -0.39 is 16.1 Å². The van der Waals surface area contributed by atoms with E-state index in [1.54, 1.807) is 29.2 Å². The first-order chi connectivity index (χ1) is 21.1. The van der Waals surface area contributed by atoms with Crippen molar-refractivity contribution in [2.45, 2.75) is 70.5 Å². The first-order valence-electron chi connectivity index (χ1n) is 15.2. The number of carbonyl (C=O) groups is 2. The van der Waals surface area contributed by atoms with Gasteiger partial charge in [0, 0.05) is 36.4 Å². The average molecular weight is 685 g/mol. The van der Waals surface area contributed by atoms with E-state index in [1.165, 1.54) is 4.31 Å². The van der Waals surface area contributed by atoms with Crippen LogP contribution in [0.25, 0.3) is 0 Å². The Morgan fingerprint density at radius 1 is 0.977 bits per heavy atom. The summed E-state index contributed by atoms with van der Waals surface area (Å²) in [6.45, 7) is 2.78. The Hall–Kier alpha value is -3.37. The third kappa shape index (κ3) is 9.82. The van der Waals surface area contributed by atoms with Gasteiger partial charge < -0.3 is 15.0 Å². The molecular weight excluding hydrogens is 642 g/mol. The van der Waals surface area contributed by atoms with Crippen molar-refractivity contribution in [2.75, 3.05) is 23.7 Å². The molecule has 0 aliphatic heterocycles. The van der Waals surface area contributed by atoms with Gasteiger partial charge in [-0.1, -0.05) is 71.2 Å². The Morgan fingerprint density at radius 2 is 1.66 bits per heavy atom. The summed E-state index contributed by atoms with van der Waals surface area (Å²) in [5, 5.41) is 3.22. The fraction of sp³-hybridized carbons (Fsp3) is 0.412. The fourth-order valence-electron chi connectivity index (χ4n) is 5.63. The van der Waals surface area contributed by atoms with Gasteiger partial charge in [0.15, 0.2) is 0 Å². The van der Waals surface area contributed by atoms with Gasteiger partial charge in [0.1, 0.15) is 11.8 Å². The van der Waals surface area contributed by atoms with Crippen LogP contribution in [-0.4, -0.2) is 56.6 Å². The molecule has 1 atom stereocenters. The molecule has 236 valence electrons. The van der Waals surface area contributed by atoms with Crippen molar-refractivity contribution >= 4 is 43.5 Å². The topological polar surface area (TPSA) is 96.0 Å². The molecular formula is C34H42BrN3O5S. The van der Waals surface area contributed by atoms with E-state index in [0.717, 1.165) is 47.5 Å². The smallest absolute Gasteiger partial charge is 0.243 e. The minimum absolute atomic E-state index is 0.0824. The molecule has 1 saturated carbocycles. The quantitative estimate of drug-likeness (QED) is 0.209. The average Bonchev–Trinajstić information content (AvgIpc) is 3.51. The van der Waals surface area contributed by atoms with Crippen LogP contribution in [0.1, 0.15) is 56.6 Å². The number of nitrogens with one attached hydrogen (secondary N) is 1. The Labute approximate surface area is 270 Å². The number of sulfonamides is 1. The van der Waals surface area contributed by atoms with E-state index in [1.807, 2.05) is 61.5 Å². The number of nitrogens with zero attached hydrogens (tertiary/aromatic N) is 2. The van der Waals surface area contributed by atoms with E-state index in [4.69, 9.17) is 4.74 Å². The zero-order valence-electron chi connectivity index (χ0n) is 25.5. The van der Waals surface area contributed by atoms with Crippen LogP contribution in [-0.2, 0) is 32.6 Å². The highest BCUT2D eigenvalue weighted by atomic mass is 79.9. The summed E-state index contributed by atoms with van der Waals surface area (Å²) in [5.74, 6) is 0.298. The number of halogens is 1. The molecule has 0 radical (unpaired) electrons. The second-order valence-corrected chi connectivity index (χ2v) is 14.0. The molecule has 0 bridgehead atoms. The lowest BCUT2D eigenvalue weighted by molar-refractivity contribution is -0.141. The predicted octanol–water partition coefficient (Wildman–Crippen LogP) is 6.09. The largest absolute Gasteiger partial charge is 0.494 e. The SMILES string of the molecule is CCOc1ccc(N(CCCC(=O)N(Cc2cccc(Br)c2)[C@@H](Cc2ccccc2)C(=O)NC2CCCC2)S(C)(=O)=O)cc1. The van der Waals surface area contributed by atoms with Crippen molar-refractivity contribution in [1.82, 2.24) is 10.2 Å². The minimum atomic E-state index is -3.60. The number of amides is 2. The Bertz CT molecular complexity index is 1480. The second-order valence-electron chi connectivity index (χ2n) is 11.2. The summed E-state index contributed by atoms with van der Waals surface area (Å²) in [5.41, 5.74) is 2.36. The van der Waals surface area contributed by atoms with Gasteiger partial charge in [0.2, 0.25) is 21.8 Å². The molecule has 1 aliphatic carbocycles. The number of anilines is 1. The summed E-state index contributed by atoms with van der Waals surface area (Å²) < 4.78 is 33.2. The Kier molecular flexibility index (Phi) is 12.3. The lowest BCUT2D eigenvalue weighted by atomic mass is 10.0. The molecule has 0 heterocycles. The fourth-order valence-corrected chi connectivity index (χ4v) is 7.04. The molecule has 1 N–H and O–H groups in total. The van der Waals surface area contributed by atoms with Crippen molar-refractivity contribution in [3.8, 4) is 5.75 Å². The lowest BCUT2D eigenvalue weighted by Gasteiger charge is -2.33. The monoisotopic (exact) mass is 683 g/mol. The molecule has 0 unspecified atom stereocenters. The maximum absolute atomic E-state index is 14.0. The van der Waals surface area contributed by atoms with E-state index >= 15 is 0 Å². The van der Waals surface area contributed by atoms with Crippen LogP contribution in [0.3, 0.4) is 0 Å². The first kappa shape index (κ1) is 33.5. The van der Waals surface area contributed by atoms with E-state index in [9.17, 15) is 18.0 Å². The molecule has 0 spiro atoms. The van der Waals surface area contributed by atoms with E-state index in [-0.39, 0.29) is 43.8 Å². The van der Waals surface area contributed by atoms with Gasteiger partial charge in [-0.2, -0.15) is 0 Å². The molecule has 1 fully saturated rings. The molecule has 0 aromatic heterocycles. The molecule has 8 nitrogen and oxygen atoms in total. The first-order valence-corrected chi connectivity index (χ1v) is 17.9. The van der Waals surface area contributed by atoms with Crippen LogP contribution in [0.4, 0.5) is 5.69 Å². The highest BCUT2D eigenvalue weighted by Gasteiger charge is 2.32. The molecule has 0 saturated heterocycles. The maximum Gasteiger partial charge on any atom is 0.243 e. The Balaban J connectivity index is 1.57. The highest BCUT2D eigenvalue weighted by molar-refractivity contribution is 9.10. The van der Waals surface area contributed by atoms with Crippen molar-refractivity contribution in [3.63, 3.8) is 0 Å². The standard InChI is InChI=1S/C34H42BrN3O5S/c1-3-43-31-20-18-30(19-21-31)38(44(2,41)42)22-10-17-33(39)37(25-27-13-9-14-28(35)23-27)32(24-26-11-5-4-6-12-26)34(40)36-29-15-7-8-16-29/h4-6,9,11-14,18-21,23,29,32H,3,7-8,10,15-17,22,24-25H2,1-2H3,(H,36,40)/t32-/m0/s1. The minimum Gasteiger partial charge on any atom is -0.494 e. The Morgan fingerprint density at radius 3 is 2.30 bits per heavy atom. The predicted molar refractivity (Wildman–Crippen MR) is 178 cm³/mol. The molecule has 44 heavy (non-hydrogen) atoms. The van der Waals surface area contributed by atoms with Crippen molar-refractivity contribution in [3.05, 3.63) is 94.5 Å². The summed E-state index contributed by atoms with van der Waals surface area (Å²) >= 11 is 3.53. The van der Waals surface area contributed by atoms with Gasteiger partial charge in [-0.15, -0.1) is 0 Å². The number of rotatable bonds is 15. The van der Waals surface area contributed by atoms with E-state index in [2.05, 4.69) is 21.2 Å². The van der Waals surface area contributed by atoms with Gasteiger partial charge in [-0.25, -0.2) is 8.42 Å². The van der Waals surface area contributed by atoms with Gasteiger partial charge in [-0.3, -0.25) is 13.9 Å². The maximum atomic E-state index is 14.0. The molecule has 4 rings (SSSR count). The van der Waals surface area contributed by atoms with Gasteiger partial charge in [0.05, 0.1) is 18.6 Å². The zero-order valence-corrected chi connectivity index (χ0v) is 27.9. The number of hydrogen-bond acceptors (Lipinski definition) is 5.